The summed E-state index contributed by atoms with van der Waals surface area (Å²) in [6.07, 6.45) is 2.10. The van der Waals surface area contributed by atoms with Crippen LogP contribution in [-0.2, 0) is 18.3 Å². The van der Waals surface area contributed by atoms with Crippen LogP contribution in [0.15, 0.2) is 158 Å². The van der Waals surface area contributed by atoms with Gasteiger partial charge in [0, 0.05) is 40.2 Å². The molecule has 10 rings (SSSR count). The van der Waals surface area contributed by atoms with Gasteiger partial charge in [0.2, 0.25) is 0 Å². The molecule has 2 aliphatic heterocycles. The normalized spacial score (nSPS) is 18.3. The summed E-state index contributed by atoms with van der Waals surface area (Å²) >= 11 is 0. The van der Waals surface area contributed by atoms with Gasteiger partial charge in [-0.15, -0.1) is 0 Å². The molecule has 0 spiro atoms. The Morgan fingerprint density at radius 2 is 1.00 bits per heavy atom. The molecule has 7 aromatic carbocycles. The molecule has 2 heterocycles. The maximum Gasteiger partial charge on any atom is 0.0715 e. The van der Waals surface area contributed by atoms with Gasteiger partial charge in [-0.05, 0) is 107 Å². The number of anilines is 4. The highest BCUT2D eigenvalue weighted by molar-refractivity contribution is 6.10. The molecule has 3 aliphatic rings. The van der Waals surface area contributed by atoms with Crippen molar-refractivity contribution in [1.82, 2.24) is 0 Å². The molecule has 2 nitrogen and oxygen atoms in total. The van der Waals surface area contributed by atoms with Gasteiger partial charge in [-0.3, -0.25) is 0 Å². The second kappa shape index (κ2) is 10.7. The van der Waals surface area contributed by atoms with Crippen molar-refractivity contribution in [3.05, 3.63) is 191 Å². The maximum absolute atomic E-state index is 2.61. The Balaban J connectivity index is 1.32. The molecule has 2 unspecified atom stereocenters. The molecule has 0 fully saturated rings. The first-order valence-electron chi connectivity index (χ1n) is 17.7. The third-order valence-electron chi connectivity index (χ3n) is 11.5. The van der Waals surface area contributed by atoms with E-state index in [9.17, 15) is 0 Å². The Bertz CT molecular complexity index is 2350. The summed E-state index contributed by atoms with van der Waals surface area (Å²) in [5.74, 6) is 0. The van der Waals surface area contributed by atoms with Crippen LogP contribution in [0, 0.1) is 0 Å². The number of benzene rings is 7. The Labute approximate surface area is 288 Å². The van der Waals surface area contributed by atoms with E-state index in [1.54, 1.807) is 0 Å². The minimum Gasteiger partial charge on any atom is -0.338 e. The minimum atomic E-state index is -0.507. The van der Waals surface area contributed by atoms with Gasteiger partial charge in [-0.2, -0.15) is 0 Å². The van der Waals surface area contributed by atoms with Crippen molar-refractivity contribution in [2.75, 3.05) is 9.80 Å². The zero-order chi connectivity index (χ0) is 32.7. The summed E-state index contributed by atoms with van der Waals surface area (Å²) in [5, 5.41) is 2.62. The Morgan fingerprint density at radius 3 is 1.65 bits per heavy atom. The third kappa shape index (κ3) is 3.95. The molecule has 1 aliphatic carbocycles. The van der Waals surface area contributed by atoms with Crippen LogP contribution in [0.4, 0.5) is 22.7 Å². The predicted octanol–water partition coefficient (Wildman–Crippen LogP) is 11.4. The van der Waals surface area contributed by atoms with Gasteiger partial charge in [-0.25, -0.2) is 0 Å². The van der Waals surface area contributed by atoms with Crippen LogP contribution in [0.1, 0.15) is 47.2 Å². The molecule has 0 aromatic heterocycles. The Morgan fingerprint density at radius 1 is 0.469 bits per heavy atom. The number of nitrogens with zero attached hydrogens (tertiary/aromatic N) is 2. The van der Waals surface area contributed by atoms with Crippen LogP contribution in [0.2, 0.25) is 0 Å². The van der Waals surface area contributed by atoms with E-state index >= 15 is 0 Å². The van der Waals surface area contributed by atoms with Crippen molar-refractivity contribution >= 4 is 33.5 Å². The van der Waals surface area contributed by atoms with Gasteiger partial charge in [-0.1, -0.05) is 127 Å². The monoisotopic (exact) mass is 630 g/mol. The quantitative estimate of drug-likeness (QED) is 0.191. The van der Waals surface area contributed by atoms with E-state index in [-0.39, 0.29) is 0 Å². The van der Waals surface area contributed by atoms with Crippen molar-refractivity contribution < 1.29 is 0 Å². The van der Waals surface area contributed by atoms with E-state index in [1.165, 1.54) is 78.0 Å². The standard InChI is InChI=1S/C47H38N2/c1-31-27-33-15-9-13-23-43(33)48(31)37-25-26-40-41(29-37)47(35-17-5-3-6-18-35,36-19-7-4-8-20-36)42-30-45(38-21-11-12-22-39(38)46(40)42)49-32(2)28-34-16-10-14-24-44(34)49/h3-26,29-32H,27-28H2,1-2H3. The van der Waals surface area contributed by atoms with E-state index in [2.05, 4.69) is 181 Å². The number of para-hydroxylation sites is 2. The largest absolute Gasteiger partial charge is 0.338 e. The molecule has 0 radical (unpaired) electrons. The lowest BCUT2D eigenvalue weighted by molar-refractivity contribution is 0.746. The molecule has 0 amide bonds. The fraction of sp³-hybridized carbons (Fsp3) is 0.149. The van der Waals surface area contributed by atoms with Crippen LogP contribution in [0.25, 0.3) is 21.9 Å². The molecule has 236 valence electrons. The average molecular weight is 631 g/mol. The third-order valence-corrected chi connectivity index (χ3v) is 11.5. The van der Waals surface area contributed by atoms with E-state index in [0.29, 0.717) is 12.1 Å². The van der Waals surface area contributed by atoms with Crippen LogP contribution in [0.5, 0.6) is 0 Å². The molecular formula is C47H38N2. The molecule has 7 aromatic rings. The molecular weight excluding hydrogens is 593 g/mol. The second-order valence-corrected chi connectivity index (χ2v) is 14.2. The SMILES string of the molecule is CC1Cc2ccccc2N1c1ccc2c(c1)C(c1ccccc1)(c1ccccc1)c1cc(N3c4ccccc4CC3C)c3ccccc3c1-2. The lowest BCUT2D eigenvalue weighted by Gasteiger charge is -2.36. The molecule has 2 atom stereocenters. The smallest absolute Gasteiger partial charge is 0.0715 e. The number of fused-ring (bicyclic) bond motifs is 7. The molecule has 0 saturated carbocycles. The maximum atomic E-state index is 2.61. The van der Waals surface area contributed by atoms with E-state index in [1.807, 2.05) is 0 Å². The highest BCUT2D eigenvalue weighted by atomic mass is 15.2. The van der Waals surface area contributed by atoms with Gasteiger partial charge < -0.3 is 9.80 Å². The van der Waals surface area contributed by atoms with Gasteiger partial charge in [0.05, 0.1) is 5.41 Å². The van der Waals surface area contributed by atoms with E-state index in [4.69, 9.17) is 0 Å². The van der Waals surface area contributed by atoms with Crippen LogP contribution >= 0.6 is 0 Å². The lowest BCUT2D eigenvalue weighted by Crippen LogP contribution is -2.30. The highest BCUT2D eigenvalue weighted by Gasteiger charge is 2.48. The van der Waals surface area contributed by atoms with E-state index < -0.39 is 5.41 Å². The summed E-state index contributed by atoms with van der Waals surface area (Å²) in [5.41, 5.74) is 15.5. The van der Waals surface area contributed by atoms with Crippen LogP contribution in [0.3, 0.4) is 0 Å². The summed E-state index contributed by atoms with van der Waals surface area (Å²) < 4.78 is 0. The molecule has 0 saturated heterocycles. The average Bonchev–Trinajstić information content (AvgIpc) is 3.77. The Kier molecular flexibility index (Phi) is 6.21. The summed E-state index contributed by atoms with van der Waals surface area (Å²) in [4.78, 5) is 5.17. The zero-order valence-corrected chi connectivity index (χ0v) is 28.0. The zero-order valence-electron chi connectivity index (χ0n) is 28.0. The van der Waals surface area contributed by atoms with Crippen LogP contribution in [-0.4, -0.2) is 12.1 Å². The molecule has 0 N–H and O–H groups in total. The van der Waals surface area contributed by atoms with Crippen molar-refractivity contribution in [2.24, 2.45) is 0 Å². The first-order valence-corrected chi connectivity index (χ1v) is 17.7. The van der Waals surface area contributed by atoms with Crippen molar-refractivity contribution in [2.45, 2.75) is 44.2 Å². The second-order valence-electron chi connectivity index (χ2n) is 14.2. The number of hydrogen-bond acceptors (Lipinski definition) is 2. The summed E-state index contributed by atoms with van der Waals surface area (Å²) in [6.45, 7) is 4.73. The fourth-order valence-electron chi connectivity index (χ4n) is 9.55. The van der Waals surface area contributed by atoms with Gasteiger partial charge in [0.25, 0.3) is 0 Å². The summed E-state index contributed by atoms with van der Waals surface area (Å²) in [7, 11) is 0. The van der Waals surface area contributed by atoms with Gasteiger partial charge in [0.1, 0.15) is 0 Å². The van der Waals surface area contributed by atoms with Crippen molar-refractivity contribution in [3.8, 4) is 11.1 Å². The first-order chi connectivity index (χ1) is 24.1. The molecule has 2 heteroatoms. The first kappa shape index (κ1) is 28.4. The van der Waals surface area contributed by atoms with Gasteiger partial charge in [0.15, 0.2) is 0 Å². The minimum absolute atomic E-state index is 0.355. The molecule has 49 heavy (non-hydrogen) atoms. The highest BCUT2D eigenvalue weighted by Crippen LogP contribution is 2.60. The van der Waals surface area contributed by atoms with Crippen molar-refractivity contribution in [3.63, 3.8) is 0 Å². The van der Waals surface area contributed by atoms with Crippen molar-refractivity contribution in [1.29, 1.82) is 0 Å². The van der Waals surface area contributed by atoms with Gasteiger partial charge >= 0.3 is 0 Å². The predicted molar refractivity (Wildman–Crippen MR) is 205 cm³/mol. The fourth-order valence-corrected chi connectivity index (χ4v) is 9.55. The topological polar surface area (TPSA) is 6.48 Å². The van der Waals surface area contributed by atoms with E-state index in [0.717, 1.165) is 12.8 Å². The number of hydrogen-bond donors (Lipinski definition) is 0. The summed E-state index contributed by atoms with van der Waals surface area (Å²) in [6, 6.07) is 60.1. The lowest BCUT2D eigenvalue weighted by atomic mass is 9.67. The molecule has 0 bridgehead atoms. The Hall–Kier alpha value is -5.60. The van der Waals surface area contributed by atoms with Crippen LogP contribution < -0.4 is 9.80 Å². The number of rotatable bonds is 4.